The van der Waals surface area contributed by atoms with E-state index in [0.717, 1.165) is 43.1 Å². The number of benzene rings is 1. The lowest BCUT2D eigenvalue weighted by atomic mass is 10.1. The number of hydrogen-bond donors (Lipinski definition) is 3. The van der Waals surface area contributed by atoms with Gasteiger partial charge in [0.2, 0.25) is 0 Å². The average molecular weight is 347 g/mol. The molecule has 1 aliphatic rings. The molecule has 4 nitrogen and oxygen atoms in total. The Kier molecular flexibility index (Phi) is 6.28. The Bertz CT molecular complexity index is 382. The fourth-order valence-electron chi connectivity index (χ4n) is 1.67. The zero-order valence-electron chi connectivity index (χ0n) is 9.65. The van der Waals surface area contributed by atoms with Gasteiger partial charge in [0, 0.05) is 19.6 Å². The van der Waals surface area contributed by atoms with E-state index in [4.69, 9.17) is 5.11 Å². The number of nitrogens with zero attached hydrogens (tertiary/aromatic N) is 1. The molecule has 0 atom stereocenters. The second kappa shape index (κ2) is 7.50. The van der Waals surface area contributed by atoms with E-state index in [9.17, 15) is 0 Å². The molecule has 0 fully saturated rings. The van der Waals surface area contributed by atoms with Crippen LogP contribution in [0.15, 0.2) is 29.3 Å². The van der Waals surface area contributed by atoms with Gasteiger partial charge in [0.15, 0.2) is 5.96 Å². The third-order valence-electron chi connectivity index (χ3n) is 2.53. The molecule has 3 N–H and O–H groups in total. The van der Waals surface area contributed by atoms with Gasteiger partial charge in [0.25, 0.3) is 0 Å². The molecule has 1 heterocycles. The zero-order chi connectivity index (χ0) is 11.2. The minimum absolute atomic E-state index is 0. The van der Waals surface area contributed by atoms with Crippen LogP contribution in [0, 0.1) is 0 Å². The standard InChI is InChI=1S/C12H17N3O.HI/c16-9-11-4-1-3-10(7-11)8-15-12-13-5-2-6-14-12;/h1,3-4,7,16H,2,5-6,8-9H2,(H2,13,14,15);1H. The second-order valence-corrected chi connectivity index (χ2v) is 3.84. The minimum Gasteiger partial charge on any atom is -0.392 e. The van der Waals surface area contributed by atoms with Crippen molar-refractivity contribution >= 4 is 29.9 Å². The van der Waals surface area contributed by atoms with Crippen LogP contribution in [0.5, 0.6) is 0 Å². The van der Waals surface area contributed by atoms with Crippen LogP contribution in [-0.4, -0.2) is 24.2 Å². The Morgan fingerprint density at radius 2 is 2.18 bits per heavy atom. The maximum Gasteiger partial charge on any atom is 0.191 e. The molecule has 0 saturated carbocycles. The molecular formula is C12H18IN3O. The summed E-state index contributed by atoms with van der Waals surface area (Å²) in [7, 11) is 0. The average Bonchev–Trinajstić information content (AvgIpc) is 2.38. The molecule has 17 heavy (non-hydrogen) atoms. The number of hydrogen-bond acceptors (Lipinski definition) is 4. The molecule has 1 aliphatic heterocycles. The van der Waals surface area contributed by atoms with E-state index in [1.54, 1.807) is 0 Å². The van der Waals surface area contributed by atoms with Crippen LogP contribution in [0.25, 0.3) is 0 Å². The first-order chi connectivity index (χ1) is 7.88. The van der Waals surface area contributed by atoms with E-state index < -0.39 is 0 Å². The molecule has 1 aromatic rings. The molecule has 5 heteroatoms. The normalized spacial score (nSPS) is 14.3. The van der Waals surface area contributed by atoms with Gasteiger partial charge in [-0.3, -0.25) is 4.99 Å². The first-order valence-corrected chi connectivity index (χ1v) is 5.59. The Morgan fingerprint density at radius 1 is 1.35 bits per heavy atom. The monoisotopic (exact) mass is 347 g/mol. The molecule has 0 unspecified atom stereocenters. The summed E-state index contributed by atoms with van der Waals surface area (Å²) in [4.78, 5) is 4.33. The van der Waals surface area contributed by atoms with Crippen LogP contribution in [0.1, 0.15) is 17.5 Å². The van der Waals surface area contributed by atoms with Crippen molar-refractivity contribution < 1.29 is 5.11 Å². The number of aliphatic hydroxyl groups is 1. The molecule has 0 bridgehead atoms. The smallest absolute Gasteiger partial charge is 0.191 e. The van der Waals surface area contributed by atoms with Crippen molar-refractivity contribution in [2.45, 2.75) is 19.6 Å². The fraction of sp³-hybridized carbons (Fsp3) is 0.417. The summed E-state index contributed by atoms with van der Waals surface area (Å²) in [5, 5.41) is 15.5. The van der Waals surface area contributed by atoms with Crippen LogP contribution in [0.2, 0.25) is 0 Å². The molecule has 2 rings (SSSR count). The Hall–Kier alpha value is -0.820. The third-order valence-corrected chi connectivity index (χ3v) is 2.53. The van der Waals surface area contributed by atoms with Crippen LogP contribution >= 0.6 is 24.0 Å². The predicted octanol–water partition coefficient (Wildman–Crippen LogP) is 1.24. The van der Waals surface area contributed by atoms with Gasteiger partial charge in [-0.2, -0.15) is 0 Å². The van der Waals surface area contributed by atoms with Crippen molar-refractivity contribution in [2.24, 2.45) is 4.99 Å². The van der Waals surface area contributed by atoms with Crippen molar-refractivity contribution in [1.82, 2.24) is 10.6 Å². The highest BCUT2D eigenvalue weighted by atomic mass is 127. The maximum absolute atomic E-state index is 9.02. The van der Waals surface area contributed by atoms with E-state index in [-0.39, 0.29) is 30.6 Å². The van der Waals surface area contributed by atoms with Gasteiger partial charge in [-0.25, -0.2) is 0 Å². The topological polar surface area (TPSA) is 56.6 Å². The molecule has 1 aromatic carbocycles. The van der Waals surface area contributed by atoms with Crippen LogP contribution in [-0.2, 0) is 13.2 Å². The Labute approximate surface area is 119 Å². The highest BCUT2D eigenvalue weighted by Gasteiger charge is 2.02. The minimum atomic E-state index is 0. The third kappa shape index (κ3) is 4.51. The van der Waals surface area contributed by atoms with E-state index in [0.29, 0.717) is 0 Å². The molecule has 0 amide bonds. The summed E-state index contributed by atoms with van der Waals surface area (Å²) < 4.78 is 0. The van der Waals surface area contributed by atoms with E-state index in [1.807, 2.05) is 24.3 Å². The number of guanidine groups is 1. The SMILES string of the molecule is I.OCc1cccc(CNC2=NCCCN2)c1. The molecule has 0 spiro atoms. The van der Waals surface area contributed by atoms with Crippen molar-refractivity contribution in [1.29, 1.82) is 0 Å². The fourth-order valence-corrected chi connectivity index (χ4v) is 1.67. The quantitative estimate of drug-likeness (QED) is 0.721. The molecule has 94 valence electrons. The number of halogens is 1. The van der Waals surface area contributed by atoms with Crippen molar-refractivity contribution in [2.75, 3.05) is 13.1 Å². The number of nitrogens with one attached hydrogen (secondary N) is 2. The lowest BCUT2D eigenvalue weighted by molar-refractivity contribution is 0.281. The van der Waals surface area contributed by atoms with Gasteiger partial charge in [-0.15, -0.1) is 24.0 Å². The van der Waals surface area contributed by atoms with Gasteiger partial charge in [0.05, 0.1) is 6.61 Å². The predicted molar refractivity (Wildman–Crippen MR) is 79.5 cm³/mol. The molecule has 0 saturated heterocycles. The first kappa shape index (κ1) is 14.2. The Balaban J connectivity index is 0.00000144. The van der Waals surface area contributed by atoms with E-state index in [2.05, 4.69) is 15.6 Å². The van der Waals surface area contributed by atoms with Gasteiger partial charge >= 0.3 is 0 Å². The second-order valence-electron chi connectivity index (χ2n) is 3.84. The summed E-state index contributed by atoms with van der Waals surface area (Å²) in [5.41, 5.74) is 2.10. The molecular weight excluding hydrogens is 329 g/mol. The lowest BCUT2D eigenvalue weighted by Gasteiger charge is -2.16. The number of aliphatic imine (C=N–C) groups is 1. The highest BCUT2D eigenvalue weighted by Crippen LogP contribution is 2.04. The lowest BCUT2D eigenvalue weighted by Crippen LogP contribution is -2.40. The summed E-state index contributed by atoms with van der Waals surface area (Å²) in [5.74, 6) is 0.876. The van der Waals surface area contributed by atoms with Gasteiger partial charge in [-0.05, 0) is 17.5 Å². The number of rotatable bonds is 3. The van der Waals surface area contributed by atoms with Crippen molar-refractivity contribution in [3.63, 3.8) is 0 Å². The van der Waals surface area contributed by atoms with Gasteiger partial charge in [0.1, 0.15) is 0 Å². The van der Waals surface area contributed by atoms with Crippen molar-refractivity contribution in [3.8, 4) is 0 Å². The van der Waals surface area contributed by atoms with Crippen LogP contribution in [0.3, 0.4) is 0 Å². The van der Waals surface area contributed by atoms with Gasteiger partial charge < -0.3 is 15.7 Å². The van der Waals surface area contributed by atoms with Crippen LogP contribution in [0.4, 0.5) is 0 Å². The molecule has 0 aliphatic carbocycles. The maximum atomic E-state index is 9.02. The largest absolute Gasteiger partial charge is 0.392 e. The van der Waals surface area contributed by atoms with Crippen LogP contribution < -0.4 is 10.6 Å². The number of aliphatic hydroxyl groups excluding tert-OH is 1. The molecule has 0 aromatic heterocycles. The summed E-state index contributed by atoms with van der Waals surface area (Å²) in [6, 6.07) is 7.91. The summed E-state index contributed by atoms with van der Waals surface area (Å²) >= 11 is 0. The van der Waals surface area contributed by atoms with E-state index in [1.165, 1.54) is 0 Å². The zero-order valence-corrected chi connectivity index (χ0v) is 12.0. The first-order valence-electron chi connectivity index (χ1n) is 5.59. The molecule has 0 radical (unpaired) electrons. The van der Waals surface area contributed by atoms with Gasteiger partial charge in [-0.1, -0.05) is 24.3 Å². The van der Waals surface area contributed by atoms with E-state index >= 15 is 0 Å². The summed E-state index contributed by atoms with van der Waals surface area (Å²) in [6.45, 7) is 2.71. The summed E-state index contributed by atoms with van der Waals surface area (Å²) in [6.07, 6.45) is 1.10. The van der Waals surface area contributed by atoms with Crippen molar-refractivity contribution in [3.05, 3.63) is 35.4 Å². The Morgan fingerprint density at radius 3 is 2.88 bits per heavy atom. The highest BCUT2D eigenvalue weighted by molar-refractivity contribution is 14.0.